The number of benzene rings is 2. The number of rotatable bonds is 2. The van der Waals surface area contributed by atoms with Gasteiger partial charge in [-0.2, -0.15) is 5.10 Å². The average Bonchev–Trinajstić information content (AvgIpc) is 2.96. The predicted molar refractivity (Wildman–Crippen MR) is 84.0 cm³/mol. The van der Waals surface area contributed by atoms with Gasteiger partial charge in [0.2, 0.25) is 0 Å². The van der Waals surface area contributed by atoms with Crippen LogP contribution in [0, 0.1) is 5.82 Å². The zero-order chi connectivity index (χ0) is 14.9. The smallest absolute Gasteiger partial charge is 0.150 e. The van der Waals surface area contributed by atoms with Gasteiger partial charge in [0.05, 0.1) is 5.52 Å². The van der Waals surface area contributed by atoms with Crippen LogP contribution in [-0.4, -0.2) is 16.4 Å². The fraction of sp³-hybridized carbons (Fsp3) is 0.278. The molecule has 0 aliphatic carbocycles. The molecule has 1 unspecified atom stereocenters. The summed E-state index contributed by atoms with van der Waals surface area (Å²) in [4.78, 5) is 0. The normalized spacial score (nSPS) is 18.7. The SMILES string of the molecule is Fc1ccc(-c2nn(C3CCCCO3)c3ccccc23)cc1. The summed E-state index contributed by atoms with van der Waals surface area (Å²) in [6.45, 7) is 0.782. The Morgan fingerprint density at radius 1 is 1.05 bits per heavy atom. The van der Waals surface area contributed by atoms with Crippen LogP contribution in [0.3, 0.4) is 0 Å². The molecule has 1 fully saturated rings. The van der Waals surface area contributed by atoms with Crippen molar-refractivity contribution in [3.63, 3.8) is 0 Å². The first kappa shape index (κ1) is 13.5. The maximum atomic E-state index is 13.2. The van der Waals surface area contributed by atoms with Gasteiger partial charge in [0.25, 0.3) is 0 Å². The van der Waals surface area contributed by atoms with Gasteiger partial charge < -0.3 is 4.74 Å². The first-order chi connectivity index (χ1) is 10.8. The second-order valence-electron chi connectivity index (χ2n) is 5.64. The van der Waals surface area contributed by atoms with Gasteiger partial charge in [-0.15, -0.1) is 0 Å². The predicted octanol–water partition coefficient (Wildman–Crippen LogP) is 4.54. The molecule has 3 aromatic rings. The molecule has 0 N–H and O–H groups in total. The van der Waals surface area contributed by atoms with E-state index in [1.165, 1.54) is 12.1 Å². The van der Waals surface area contributed by atoms with Crippen molar-refractivity contribution in [2.24, 2.45) is 0 Å². The van der Waals surface area contributed by atoms with Crippen LogP contribution in [0.1, 0.15) is 25.5 Å². The largest absolute Gasteiger partial charge is 0.356 e. The van der Waals surface area contributed by atoms with Crippen molar-refractivity contribution in [3.8, 4) is 11.3 Å². The molecule has 1 atom stereocenters. The van der Waals surface area contributed by atoms with E-state index in [9.17, 15) is 4.39 Å². The minimum absolute atomic E-state index is 0.00662. The number of para-hydroxylation sites is 1. The van der Waals surface area contributed by atoms with Gasteiger partial charge in [0.1, 0.15) is 11.5 Å². The number of nitrogens with zero attached hydrogens (tertiary/aromatic N) is 2. The summed E-state index contributed by atoms with van der Waals surface area (Å²) in [7, 11) is 0. The van der Waals surface area contributed by atoms with Gasteiger partial charge in [-0.3, -0.25) is 0 Å². The summed E-state index contributed by atoms with van der Waals surface area (Å²) < 4.78 is 21.0. The Kier molecular flexibility index (Phi) is 3.39. The molecule has 0 radical (unpaired) electrons. The molecule has 1 saturated heterocycles. The molecule has 0 bridgehead atoms. The highest BCUT2D eigenvalue weighted by Crippen LogP contribution is 2.32. The number of halogens is 1. The van der Waals surface area contributed by atoms with Gasteiger partial charge >= 0.3 is 0 Å². The second kappa shape index (κ2) is 5.54. The average molecular weight is 296 g/mol. The highest BCUT2D eigenvalue weighted by molar-refractivity contribution is 5.93. The monoisotopic (exact) mass is 296 g/mol. The highest BCUT2D eigenvalue weighted by atomic mass is 19.1. The number of aromatic nitrogens is 2. The van der Waals surface area contributed by atoms with Crippen LogP contribution >= 0.6 is 0 Å². The molecular weight excluding hydrogens is 279 g/mol. The number of fused-ring (bicyclic) bond motifs is 1. The van der Waals surface area contributed by atoms with E-state index in [1.807, 2.05) is 16.8 Å². The lowest BCUT2D eigenvalue weighted by molar-refractivity contribution is -0.0365. The zero-order valence-electron chi connectivity index (χ0n) is 12.2. The van der Waals surface area contributed by atoms with Gasteiger partial charge in [-0.1, -0.05) is 18.2 Å². The van der Waals surface area contributed by atoms with Crippen LogP contribution in [0.15, 0.2) is 48.5 Å². The van der Waals surface area contributed by atoms with E-state index in [0.29, 0.717) is 0 Å². The van der Waals surface area contributed by atoms with Crippen molar-refractivity contribution in [1.29, 1.82) is 0 Å². The molecule has 2 heterocycles. The van der Waals surface area contributed by atoms with Crippen LogP contribution in [-0.2, 0) is 4.74 Å². The second-order valence-corrected chi connectivity index (χ2v) is 5.64. The minimum atomic E-state index is -0.233. The lowest BCUT2D eigenvalue weighted by atomic mass is 10.1. The Labute approximate surface area is 128 Å². The molecule has 22 heavy (non-hydrogen) atoms. The summed E-state index contributed by atoms with van der Waals surface area (Å²) in [5, 5.41) is 5.85. The summed E-state index contributed by atoms with van der Waals surface area (Å²) >= 11 is 0. The first-order valence-electron chi connectivity index (χ1n) is 7.68. The van der Waals surface area contributed by atoms with Crippen molar-refractivity contribution in [2.75, 3.05) is 6.61 Å². The quantitative estimate of drug-likeness (QED) is 0.694. The summed E-state index contributed by atoms with van der Waals surface area (Å²) in [6.07, 6.45) is 3.24. The summed E-state index contributed by atoms with van der Waals surface area (Å²) in [5.41, 5.74) is 2.87. The third-order valence-corrected chi connectivity index (χ3v) is 4.16. The number of ether oxygens (including phenoxy) is 1. The Hall–Kier alpha value is -2.20. The van der Waals surface area contributed by atoms with Crippen molar-refractivity contribution in [1.82, 2.24) is 9.78 Å². The van der Waals surface area contributed by atoms with E-state index in [4.69, 9.17) is 9.84 Å². The summed E-state index contributed by atoms with van der Waals surface area (Å²) in [5.74, 6) is -0.233. The third-order valence-electron chi connectivity index (χ3n) is 4.16. The molecule has 0 saturated carbocycles. The Morgan fingerprint density at radius 2 is 1.86 bits per heavy atom. The maximum absolute atomic E-state index is 13.2. The molecule has 0 spiro atoms. The Morgan fingerprint density at radius 3 is 2.64 bits per heavy atom. The Bertz CT molecular complexity index is 788. The van der Waals surface area contributed by atoms with Crippen molar-refractivity contribution in [3.05, 3.63) is 54.3 Å². The first-order valence-corrected chi connectivity index (χ1v) is 7.68. The fourth-order valence-electron chi connectivity index (χ4n) is 3.05. The lowest BCUT2D eigenvalue weighted by Crippen LogP contribution is -2.19. The molecular formula is C18H17FN2O. The van der Waals surface area contributed by atoms with Gasteiger partial charge in [-0.05, 0) is 49.6 Å². The molecule has 2 aromatic carbocycles. The topological polar surface area (TPSA) is 27.1 Å². The molecule has 4 rings (SSSR count). The van der Waals surface area contributed by atoms with Crippen LogP contribution in [0.5, 0.6) is 0 Å². The molecule has 112 valence electrons. The molecule has 1 aliphatic rings. The van der Waals surface area contributed by atoms with E-state index in [1.54, 1.807) is 12.1 Å². The van der Waals surface area contributed by atoms with Gasteiger partial charge in [0, 0.05) is 17.6 Å². The van der Waals surface area contributed by atoms with Crippen LogP contribution in [0.4, 0.5) is 4.39 Å². The third kappa shape index (κ3) is 2.29. The summed E-state index contributed by atoms with van der Waals surface area (Å²) in [6, 6.07) is 14.6. The molecule has 4 heteroatoms. The van der Waals surface area contributed by atoms with E-state index in [0.717, 1.165) is 48.0 Å². The maximum Gasteiger partial charge on any atom is 0.150 e. The minimum Gasteiger partial charge on any atom is -0.356 e. The van der Waals surface area contributed by atoms with Crippen LogP contribution in [0.2, 0.25) is 0 Å². The zero-order valence-corrected chi connectivity index (χ0v) is 12.2. The van der Waals surface area contributed by atoms with Crippen molar-refractivity contribution >= 4 is 10.9 Å². The molecule has 0 amide bonds. The molecule has 1 aliphatic heterocycles. The molecule has 1 aromatic heterocycles. The highest BCUT2D eigenvalue weighted by Gasteiger charge is 2.21. The number of hydrogen-bond donors (Lipinski definition) is 0. The van der Waals surface area contributed by atoms with Crippen LogP contribution in [0.25, 0.3) is 22.2 Å². The van der Waals surface area contributed by atoms with E-state index in [-0.39, 0.29) is 12.0 Å². The Balaban J connectivity index is 1.86. The van der Waals surface area contributed by atoms with E-state index >= 15 is 0 Å². The van der Waals surface area contributed by atoms with E-state index < -0.39 is 0 Å². The lowest BCUT2D eigenvalue weighted by Gasteiger charge is -2.23. The van der Waals surface area contributed by atoms with Gasteiger partial charge in [-0.25, -0.2) is 9.07 Å². The number of hydrogen-bond acceptors (Lipinski definition) is 2. The van der Waals surface area contributed by atoms with Crippen molar-refractivity contribution < 1.29 is 9.13 Å². The molecule has 3 nitrogen and oxygen atoms in total. The fourth-order valence-corrected chi connectivity index (χ4v) is 3.05. The standard InChI is InChI=1S/C18H17FN2O/c19-14-10-8-13(9-11-14)18-15-5-1-2-6-16(15)21(20-18)17-7-3-4-12-22-17/h1-2,5-6,8-11,17H,3-4,7,12H2. The van der Waals surface area contributed by atoms with Gasteiger partial charge in [0.15, 0.2) is 6.23 Å². The van der Waals surface area contributed by atoms with E-state index in [2.05, 4.69) is 12.1 Å². The van der Waals surface area contributed by atoms with Crippen molar-refractivity contribution in [2.45, 2.75) is 25.5 Å². The van der Waals surface area contributed by atoms with Crippen LogP contribution < -0.4 is 0 Å².